The lowest BCUT2D eigenvalue weighted by molar-refractivity contribution is 0.174. The van der Waals surface area contributed by atoms with Crippen molar-refractivity contribution in [3.63, 3.8) is 0 Å². The Morgan fingerprint density at radius 2 is 2.05 bits per heavy atom. The predicted molar refractivity (Wildman–Crippen MR) is 80.1 cm³/mol. The number of aryl methyl sites for hydroxylation is 1. The first-order chi connectivity index (χ1) is 10.4. The quantitative estimate of drug-likeness (QED) is 0.937. The molecule has 108 valence electrons. The number of hydrogen-bond donors (Lipinski definition) is 1. The predicted octanol–water partition coefficient (Wildman–Crippen LogP) is 3.35. The SMILES string of the molecule is c1cc2c(c(OCc3ccc4c(c3)OCO4)c1)NCCC2. The van der Waals surface area contributed by atoms with E-state index in [0.717, 1.165) is 41.5 Å². The minimum absolute atomic E-state index is 0.301. The van der Waals surface area contributed by atoms with E-state index in [1.54, 1.807) is 0 Å². The molecule has 1 N–H and O–H groups in total. The van der Waals surface area contributed by atoms with Gasteiger partial charge < -0.3 is 19.5 Å². The second-order valence-corrected chi connectivity index (χ2v) is 5.30. The second-order valence-electron chi connectivity index (χ2n) is 5.30. The normalized spacial score (nSPS) is 15.2. The molecule has 0 bridgehead atoms. The zero-order valence-electron chi connectivity index (χ0n) is 11.7. The molecule has 2 aliphatic heterocycles. The number of rotatable bonds is 3. The van der Waals surface area contributed by atoms with Crippen molar-refractivity contribution >= 4 is 5.69 Å². The van der Waals surface area contributed by atoms with Crippen LogP contribution in [0.15, 0.2) is 36.4 Å². The molecule has 2 aliphatic rings. The van der Waals surface area contributed by atoms with Crippen LogP contribution in [0.25, 0.3) is 0 Å². The van der Waals surface area contributed by atoms with Gasteiger partial charge in [-0.3, -0.25) is 0 Å². The molecule has 4 nitrogen and oxygen atoms in total. The van der Waals surface area contributed by atoms with Gasteiger partial charge in [0.2, 0.25) is 6.79 Å². The van der Waals surface area contributed by atoms with Crippen molar-refractivity contribution in [2.45, 2.75) is 19.4 Å². The Bertz CT molecular complexity index is 669. The summed E-state index contributed by atoms with van der Waals surface area (Å²) in [6, 6.07) is 12.2. The van der Waals surface area contributed by atoms with Gasteiger partial charge in [0.15, 0.2) is 11.5 Å². The summed E-state index contributed by atoms with van der Waals surface area (Å²) in [6.07, 6.45) is 2.29. The minimum Gasteiger partial charge on any atom is -0.487 e. The van der Waals surface area contributed by atoms with Crippen molar-refractivity contribution < 1.29 is 14.2 Å². The molecule has 0 saturated heterocycles. The third kappa shape index (κ3) is 2.37. The van der Waals surface area contributed by atoms with Crippen molar-refractivity contribution in [1.82, 2.24) is 0 Å². The number of nitrogens with one attached hydrogen (secondary N) is 1. The van der Waals surface area contributed by atoms with Gasteiger partial charge in [-0.1, -0.05) is 18.2 Å². The number of benzene rings is 2. The van der Waals surface area contributed by atoms with Crippen molar-refractivity contribution in [3.05, 3.63) is 47.5 Å². The van der Waals surface area contributed by atoms with E-state index in [-0.39, 0.29) is 0 Å². The number of ether oxygens (including phenoxy) is 3. The maximum atomic E-state index is 5.99. The molecule has 0 radical (unpaired) electrons. The Balaban J connectivity index is 1.52. The molecule has 0 saturated carbocycles. The van der Waals surface area contributed by atoms with E-state index in [1.807, 2.05) is 24.3 Å². The Morgan fingerprint density at radius 3 is 3.05 bits per heavy atom. The molecule has 0 spiro atoms. The van der Waals surface area contributed by atoms with Crippen molar-refractivity contribution in [1.29, 1.82) is 0 Å². The van der Waals surface area contributed by atoms with Crippen LogP contribution in [0, 0.1) is 0 Å². The fourth-order valence-corrected chi connectivity index (χ4v) is 2.79. The molecule has 0 atom stereocenters. The number of hydrogen-bond acceptors (Lipinski definition) is 4. The van der Waals surface area contributed by atoms with Crippen molar-refractivity contribution in [3.8, 4) is 17.2 Å². The molecule has 2 aromatic rings. The van der Waals surface area contributed by atoms with Crippen LogP contribution in [-0.2, 0) is 13.0 Å². The van der Waals surface area contributed by atoms with Crippen LogP contribution in [0.5, 0.6) is 17.2 Å². The molecule has 0 aliphatic carbocycles. The molecule has 0 amide bonds. The third-order valence-electron chi connectivity index (χ3n) is 3.87. The molecule has 0 aromatic heterocycles. The summed E-state index contributed by atoms with van der Waals surface area (Å²) in [7, 11) is 0. The summed E-state index contributed by atoms with van der Waals surface area (Å²) in [4.78, 5) is 0. The fourth-order valence-electron chi connectivity index (χ4n) is 2.79. The Kier molecular flexibility index (Phi) is 3.07. The van der Waals surface area contributed by atoms with Crippen LogP contribution in [0.1, 0.15) is 17.5 Å². The highest BCUT2D eigenvalue weighted by Crippen LogP contribution is 2.35. The summed E-state index contributed by atoms with van der Waals surface area (Å²) >= 11 is 0. The van der Waals surface area contributed by atoms with Crippen molar-refractivity contribution in [2.24, 2.45) is 0 Å². The molecule has 21 heavy (non-hydrogen) atoms. The molecule has 0 fully saturated rings. The minimum atomic E-state index is 0.301. The lowest BCUT2D eigenvalue weighted by Crippen LogP contribution is -2.13. The Hall–Kier alpha value is -2.36. The fraction of sp³-hybridized carbons (Fsp3) is 0.294. The topological polar surface area (TPSA) is 39.7 Å². The standard InChI is InChI=1S/C17H17NO3/c1-3-13-4-2-8-18-17(13)15(5-1)19-10-12-6-7-14-16(9-12)21-11-20-14/h1,3,5-7,9,18H,2,4,8,10-11H2. The van der Waals surface area contributed by atoms with E-state index < -0.39 is 0 Å². The van der Waals surface area contributed by atoms with Gasteiger partial charge in [0.1, 0.15) is 12.4 Å². The van der Waals surface area contributed by atoms with E-state index in [2.05, 4.69) is 17.4 Å². The molecule has 4 rings (SSSR count). The summed E-state index contributed by atoms with van der Waals surface area (Å²) in [5, 5.41) is 3.44. The lowest BCUT2D eigenvalue weighted by Gasteiger charge is -2.21. The van der Waals surface area contributed by atoms with Crippen molar-refractivity contribution in [2.75, 3.05) is 18.7 Å². The summed E-state index contributed by atoms with van der Waals surface area (Å²) < 4.78 is 16.7. The maximum absolute atomic E-state index is 5.99. The first-order valence-corrected chi connectivity index (χ1v) is 7.27. The molecule has 2 heterocycles. The van der Waals surface area contributed by atoms with Gasteiger partial charge in [0.05, 0.1) is 5.69 Å². The van der Waals surface area contributed by atoms with Crippen LogP contribution >= 0.6 is 0 Å². The summed E-state index contributed by atoms with van der Waals surface area (Å²) in [6.45, 7) is 1.84. The smallest absolute Gasteiger partial charge is 0.231 e. The first-order valence-electron chi connectivity index (χ1n) is 7.27. The molecular weight excluding hydrogens is 266 g/mol. The number of para-hydroxylation sites is 1. The van der Waals surface area contributed by atoms with Gasteiger partial charge in [-0.25, -0.2) is 0 Å². The molecule has 4 heteroatoms. The van der Waals surface area contributed by atoms with E-state index in [9.17, 15) is 0 Å². The van der Waals surface area contributed by atoms with Crippen LogP contribution < -0.4 is 19.5 Å². The van der Waals surface area contributed by atoms with Crippen LogP contribution in [0.2, 0.25) is 0 Å². The van der Waals surface area contributed by atoms with Gasteiger partial charge in [-0.05, 0) is 42.2 Å². The van der Waals surface area contributed by atoms with Gasteiger partial charge in [0.25, 0.3) is 0 Å². The number of anilines is 1. The highest BCUT2D eigenvalue weighted by molar-refractivity contribution is 5.63. The van der Waals surface area contributed by atoms with E-state index in [0.29, 0.717) is 13.4 Å². The molecular formula is C17H17NO3. The largest absolute Gasteiger partial charge is 0.487 e. The number of fused-ring (bicyclic) bond motifs is 2. The van der Waals surface area contributed by atoms with E-state index >= 15 is 0 Å². The Morgan fingerprint density at radius 1 is 1.10 bits per heavy atom. The second kappa shape index (κ2) is 5.20. The zero-order valence-corrected chi connectivity index (χ0v) is 11.7. The van der Waals surface area contributed by atoms with Crippen LogP contribution in [0.4, 0.5) is 5.69 Å². The third-order valence-corrected chi connectivity index (χ3v) is 3.87. The van der Waals surface area contributed by atoms with E-state index in [1.165, 1.54) is 12.0 Å². The monoisotopic (exact) mass is 283 g/mol. The molecule has 0 unspecified atom stereocenters. The van der Waals surface area contributed by atoms with Gasteiger partial charge >= 0.3 is 0 Å². The zero-order chi connectivity index (χ0) is 14.1. The first kappa shape index (κ1) is 12.4. The van der Waals surface area contributed by atoms with Gasteiger partial charge in [-0.2, -0.15) is 0 Å². The summed E-state index contributed by atoms with van der Waals surface area (Å²) in [5.41, 5.74) is 3.56. The maximum Gasteiger partial charge on any atom is 0.231 e. The van der Waals surface area contributed by atoms with Crippen LogP contribution in [-0.4, -0.2) is 13.3 Å². The average molecular weight is 283 g/mol. The summed E-state index contributed by atoms with van der Waals surface area (Å²) in [5.74, 6) is 2.52. The average Bonchev–Trinajstić information content (AvgIpc) is 3.00. The van der Waals surface area contributed by atoms with Gasteiger partial charge in [-0.15, -0.1) is 0 Å². The van der Waals surface area contributed by atoms with Gasteiger partial charge in [0, 0.05) is 6.54 Å². The Labute approximate surface area is 123 Å². The molecule has 2 aromatic carbocycles. The van der Waals surface area contributed by atoms with Crippen LogP contribution in [0.3, 0.4) is 0 Å². The highest BCUT2D eigenvalue weighted by atomic mass is 16.7. The lowest BCUT2D eigenvalue weighted by atomic mass is 10.0. The highest BCUT2D eigenvalue weighted by Gasteiger charge is 2.15. The van der Waals surface area contributed by atoms with E-state index in [4.69, 9.17) is 14.2 Å².